The van der Waals surface area contributed by atoms with Crippen molar-refractivity contribution < 1.29 is 4.74 Å². The highest BCUT2D eigenvalue weighted by atomic mass is 16.5. The van der Waals surface area contributed by atoms with E-state index in [2.05, 4.69) is 44.3 Å². The molecule has 1 N–H and O–H groups in total. The molecule has 0 bridgehead atoms. The van der Waals surface area contributed by atoms with Gasteiger partial charge in [0.15, 0.2) is 0 Å². The van der Waals surface area contributed by atoms with Crippen LogP contribution in [0.25, 0.3) is 0 Å². The van der Waals surface area contributed by atoms with Crippen LogP contribution in [0.1, 0.15) is 36.5 Å². The number of aryl methyl sites for hydroxylation is 2. The van der Waals surface area contributed by atoms with Gasteiger partial charge in [0.25, 0.3) is 0 Å². The van der Waals surface area contributed by atoms with E-state index < -0.39 is 0 Å². The van der Waals surface area contributed by atoms with E-state index >= 15 is 0 Å². The van der Waals surface area contributed by atoms with Crippen molar-refractivity contribution >= 4 is 0 Å². The van der Waals surface area contributed by atoms with Crippen molar-refractivity contribution in [1.82, 2.24) is 5.32 Å². The topological polar surface area (TPSA) is 21.3 Å². The second-order valence-electron chi connectivity index (χ2n) is 4.57. The fourth-order valence-electron chi connectivity index (χ4n) is 1.81. The average Bonchev–Trinajstić information content (AvgIpc) is 2.30. The van der Waals surface area contributed by atoms with Gasteiger partial charge in [-0.15, -0.1) is 0 Å². The van der Waals surface area contributed by atoms with Gasteiger partial charge in [-0.25, -0.2) is 0 Å². The summed E-state index contributed by atoms with van der Waals surface area (Å²) in [6.45, 7) is 10.2. The Kier molecular flexibility index (Phi) is 6.90. The molecular formula is C15H25NO. The third-order valence-corrected chi connectivity index (χ3v) is 2.80. The standard InChI is InChI=1S/C15H25NO/c1-4-9-17-10-5-8-16-12-15-7-6-13(2)11-14(15)3/h6-7,11,16H,4-5,8-10,12H2,1-3H3. The lowest BCUT2D eigenvalue weighted by Crippen LogP contribution is -2.17. The lowest BCUT2D eigenvalue weighted by atomic mass is 10.1. The molecule has 0 aromatic heterocycles. The summed E-state index contributed by atoms with van der Waals surface area (Å²) in [4.78, 5) is 0. The predicted molar refractivity (Wildman–Crippen MR) is 73.3 cm³/mol. The van der Waals surface area contributed by atoms with E-state index in [0.717, 1.165) is 39.1 Å². The lowest BCUT2D eigenvalue weighted by molar-refractivity contribution is 0.132. The second-order valence-corrected chi connectivity index (χ2v) is 4.57. The molecule has 17 heavy (non-hydrogen) atoms. The SMILES string of the molecule is CCCOCCCNCc1ccc(C)cc1C. The van der Waals surface area contributed by atoms with Crippen LogP contribution < -0.4 is 5.32 Å². The predicted octanol–water partition coefficient (Wildman–Crippen LogP) is 3.21. The fraction of sp³-hybridized carbons (Fsp3) is 0.600. The van der Waals surface area contributed by atoms with Crippen LogP contribution in [-0.2, 0) is 11.3 Å². The van der Waals surface area contributed by atoms with Crippen LogP contribution in [0.5, 0.6) is 0 Å². The molecule has 0 aliphatic rings. The minimum Gasteiger partial charge on any atom is -0.381 e. The number of hydrogen-bond acceptors (Lipinski definition) is 2. The van der Waals surface area contributed by atoms with Crippen molar-refractivity contribution in [2.75, 3.05) is 19.8 Å². The first-order valence-electron chi connectivity index (χ1n) is 6.58. The van der Waals surface area contributed by atoms with E-state index in [1.807, 2.05) is 0 Å². The van der Waals surface area contributed by atoms with Gasteiger partial charge < -0.3 is 10.1 Å². The first-order valence-corrected chi connectivity index (χ1v) is 6.58. The summed E-state index contributed by atoms with van der Waals surface area (Å²) in [6.07, 6.45) is 2.20. The Morgan fingerprint density at radius 1 is 1.18 bits per heavy atom. The Hall–Kier alpha value is -0.860. The van der Waals surface area contributed by atoms with Gasteiger partial charge in [0, 0.05) is 19.8 Å². The molecule has 0 unspecified atom stereocenters. The summed E-state index contributed by atoms with van der Waals surface area (Å²) in [5.41, 5.74) is 4.10. The minimum absolute atomic E-state index is 0.869. The first kappa shape index (κ1) is 14.2. The Morgan fingerprint density at radius 3 is 2.71 bits per heavy atom. The zero-order valence-corrected chi connectivity index (χ0v) is 11.4. The van der Waals surface area contributed by atoms with Crippen LogP contribution in [0.15, 0.2) is 18.2 Å². The maximum absolute atomic E-state index is 5.43. The molecule has 96 valence electrons. The van der Waals surface area contributed by atoms with E-state index in [-0.39, 0.29) is 0 Å². The molecule has 2 nitrogen and oxygen atoms in total. The molecule has 0 aliphatic heterocycles. The maximum atomic E-state index is 5.43. The highest BCUT2D eigenvalue weighted by Gasteiger charge is 1.97. The highest BCUT2D eigenvalue weighted by molar-refractivity contribution is 5.30. The molecule has 2 heteroatoms. The van der Waals surface area contributed by atoms with E-state index in [0.29, 0.717) is 0 Å². The van der Waals surface area contributed by atoms with Crippen molar-refractivity contribution in [2.24, 2.45) is 0 Å². The average molecular weight is 235 g/mol. The normalized spacial score (nSPS) is 10.8. The zero-order chi connectivity index (χ0) is 12.5. The van der Waals surface area contributed by atoms with Crippen molar-refractivity contribution in [3.63, 3.8) is 0 Å². The van der Waals surface area contributed by atoms with Gasteiger partial charge in [-0.1, -0.05) is 30.7 Å². The third kappa shape index (κ3) is 5.85. The first-order chi connectivity index (χ1) is 8.24. The van der Waals surface area contributed by atoms with Crippen LogP contribution in [-0.4, -0.2) is 19.8 Å². The fourth-order valence-corrected chi connectivity index (χ4v) is 1.81. The molecule has 0 heterocycles. The van der Waals surface area contributed by atoms with Crippen LogP contribution in [0, 0.1) is 13.8 Å². The van der Waals surface area contributed by atoms with Gasteiger partial charge in [-0.2, -0.15) is 0 Å². The molecule has 0 spiro atoms. The van der Waals surface area contributed by atoms with E-state index in [1.165, 1.54) is 16.7 Å². The van der Waals surface area contributed by atoms with E-state index in [9.17, 15) is 0 Å². The molecule has 0 atom stereocenters. The summed E-state index contributed by atoms with van der Waals surface area (Å²) in [5.74, 6) is 0. The smallest absolute Gasteiger partial charge is 0.0478 e. The summed E-state index contributed by atoms with van der Waals surface area (Å²) in [6, 6.07) is 6.63. The Bertz CT molecular complexity index is 323. The molecule has 0 saturated heterocycles. The van der Waals surface area contributed by atoms with Gasteiger partial charge in [0.05, 0.1) is 0 Å². The van der Waals surface area contributed by atoms with Gasteiger partial charge in [-0.3, -0.25) is 0 Å². The Morgan fingerprint density at radius 2 is 2.00 bits per heavy atom. The monoisotopic (exact) mass is 235 g/mol. The molecule has 1 aromatic rings. The molecule has 0 fully saturated rings. The van der Waals surface area contributed by atoms with Crippen molar-refractivity contribution in [3.8, 4) is 0 Å². The van der Waals surface area contributed by atoms with Gasteiger partial charge in [0.2, 0.25) is 0 Å². The molecule has 0 amide bonds. The molecule has 0 saturated carbocycles. The van der Waals surface area contributed by atoms with Gasteiger partial charge in [0.1, 0.15) is 0 Å². The summed E-state index contributed by atoms with van der Waals surface area (Å²) in [7, 11) is 0. The zero-order valence-electron chi connectivity index (χ0n) is 11.4. The van der Waals surface area contributed by atoms with Crippen molar-refractivity contribution in [1.29, 1.82) is 0 Å². The maximum Gasteiger partial charge on any atom is 0.0478 e. The number of ether oxygens (including phenoxy) is 1. The van der Waals surface area contributed by atoms with Gasteiger partial charge >= 0.3 is 0 Å². The van der Waals surface area contributed by atoms with Crippen LogP contribution >= 0.6 is 0 Å². The molecular weight excluding hydrogens is 210 g/mol. The molecule has 0 aliphatic carbocycles. The Balaban J connectivity index is 2.14. The number of nitrogens with one attached hydrogen (secondary N) is 1. The highest BCUT2D eigenvalue weighted by Crippen LogP contribution is 2.09. The summed E-state index contributed by atoms with van der Waals surface area (Å²) in [5, 5.41) is 3.46. The third-order valence-electron chi connectivity index (χ3n) is 2.80. The summed E-state index contributed by atoms with van der Waals surface area (Å²) >= 11 is 0. The largest absolute Gasteiger partial charge is 0.381 e. The van der Waals surface area contributed by atoms with E-state index in [1.54, 1.807) is 0 Å². The second kappa shape index (κ2) is 8.26. The van der Waals surface area contributed by atoms with Crippen LogP contribution in [0.3, 0.4) is 0 Å². The van der Waals surface area contributed by atoms with Crippen LogP contribution in [0.2, 0.25) is 0 Å². The van der Waals surface area contributed by atoms with Crippen LogP contribution in [0.4, 0.5) is 0 Å². The quantitative estimate of drug-likeness (QED) is 0.699. The molecule has 0 radical (unpaired) electrons. The number of hydrogen-bond donors (Lipinski definition) is 1. The lowest BCUT2D eigenvalue weighted by Gasteiger charge is -2.08. The number of rotatable bonds is 8. The molecule has 1 aromatic carbocycles. The summed E-state index contributed by atoms with van der Waals surface area (Å²) < 4.78 is 5.43. The Labute approximate surface area is 105 Å². The van der Waals surface area contributed by atoms with Crippen molar-refractivity contribution in [2.45, 2.75) is 40.2 Å². The number of benzene rings is 1. The van der Waals surface area contributed by atoms with E-state index in [4.69, 9.17) is 4.74 Å². The van der Waals surface area contributed by atoms with Crippen molar-refractivity contribution in [3.05, 3.63) is 34.9 Å². The minimum atomic E-state index is 0.869. The molecule has 1 rings (SSSR count). The van der Waals surface area contributed by atoms with Gasteiger partial charge in [-0.05, 0) is 44.4 Å².